The highest BCUT2D eigenvalue weighted by Crippen LogP contribution is 2.18. The van der Waals surface area contributed by atoms with Gasteiger partial charge in [0.15, 0.2) is 5.13 Å². The van der Waals surface area contributed by atoms with Gasteiger partial charge in [-0.1, -0.05) is 25.1 Å². The number of hydrogen-bond donors (Lipinski definition) is 3. The highest BCUT2D eigenvalue weighted by atomic mass is 32.1. The highest BCUT2D eigenvalue weighted by Gasteiger charge is 2.19. The van der Waals surface area contributed by atoms with Crippen LogP contribution in [-0.2, 0) is 11.2 Å². The Balaban J connectivity index is 1.53. The van der Waals surface area contributed by atoms with Gasteiger partial charge in [-0.2, -0.15) is 0 Å². The molecule has 0 bridgehead atoms. The lowest BCUT2D eigenvalue weighted by molar-refractivity contribution is -0.115. The normalized spacial score (nSPS) is 11.0. The monoisotopic (exact) mass is 450 g/mol. The Labute approximate surface area is 191 Å². The van der Waals surface area contributed by atoms with Crippen molar-refractivity contribution in [2.75, 3.05) is 10.6 Å². The molecule has 1 aromatic heterocycles. The second-order valence-corrected chi connectivity index (χ2v) is 8.82. The summed E-state index contributed by atoms with van der Waals surface area (Å²) < 4.78 is 0. The first-order chi connectivity index (χ1) is 15.3. The number of nitrogens with one attached hydrogen (secondary N) is 3. The van der Waals surface area contributed by atoms with Crippen molar-refractivity contribution in [3.8, 4) is 0 Å². The Hall–Kier alpha value is -3.52. The fourth-order valence-corrected chi connectivity index (χ4v) is 3.45. The number of hydrogen-bond acceptors (Lipinski definition) is 5. The van der Waals surface area contributed by atoms with Gasteiger partial charge in [-0.25, -0.2) is 4.98 Å². The lowest BCUT2D eigenvalue weighted by atomic mass is 10.0. The molecule has 0 aliphatic rings. The molecule has 3 aromatic rings. The van der Waals surface area contributed by atoms with Crippen LogP contribution in [0.15, 0.2) is 60.0 Å². The number of carbonyl (C=O) groups is 3. The first kappa shape index (κ1) is 23.1. The maximum Gasteiger partial charge on any atom is 0.257 e. The number of carbonyl (C=O) groups excluding carboxylic acids is 3. The lowest BCUT2D eigenvalue weighted by Crippen LogP contribution is -2.42. The molecule has 0 aliphatic carbocycles. The molecule has 32 heavy (non-hydrogen) atoms. The zero-order chi connectivity index (χ0) is 23.1. The van der Waals surface area contributed by atoms with E-state index in [4.69, 9.17) is 0 Å². The number of anilines is 2. The van der Waals surface area contributed by atoms with Crippen LogP contribution in [0.3, 0.4) is 0 Å². The van der Waals surface area contributed by atoms with Crippen LogP contribution in [0.5, 0.6) is 0 Å². The van der Waals surface area contributed by atoms with Gasteiger partial charge in [-0.15, -0.1) is 11.3 Å². The quantitative estimate of drug-likeness (QED) is 0.471. The van der Waals surface area contributed by atoms with E-state index in [1.54, 1.807) is 53.9 Å². The predicted octanol–water partition coefficient (Wildman–Crippen LogP) is 4.50. The van der Waals surface area contributed by atoms with E-state index in [2.05, 4.69) is 20.9 Å². The maximum absolute atomic E-state index is 12.4. The zero-order valence-electron chi connectivity index (χ0n) is 18.3. The van der Waals surface area contributed by atoms with E-state index in [-0.39, 0.29) is 29.7 Å². The number of amides is 3. The molecule has 0 unspecified atom stereocenters. The summed E-state index contributed by atoms with van der Waals surface area (Å²) in [6.45, 7) is 5.95. The van der Waals surface area contributed by atoms with Gasteiger partial charge in [-0.05, 0) is 56.7 Å². The summed E-state index contributed by atoms with van der Waals surface area (Å²) in [5, 5.41) is 10.7. The second-order valence-electron chi connectivity index (χ2n) is 7.96. The molecule has 7 nitrogen and oxygen atoms in total. The van der Waals surface area contributed by atoms with Crippen LogP contribution >= 0.6 is 11.3 Å². The summed E-state index contributed by atoms with van der Waals surface area (Å²) in [7, 11) is 0. The van der Waals surface area contributed by atoms with Crippen molar-refractivity contribution in [3.63, 3.8) is 0 Å². The van der Waals surface area contributed by atoms with Crippen molar-refractivity contribution in [3.05, 3.63) is 76.8 Å². The summed E-state index contributed by atoms with van der Waals surface area (Å²) >= 11 is 1.26. The van der Waals surface area contributed by atoms with Crippen molar-refractivity contribution in [1.29, 1.82) is 0 Å². The van der Waals surface area contributed by atoms with Crippen LogP contribution in [0, 0.1) is 0 Å². The molecule has 0 spiro atoms. The molecule has 0 radical (unpaired) electrons. The minimum Gasteiger partial charge on any atom is -0.347 e. The van der Waals surface area contributed by atoms with Crippen molar-refractivity contribution in [1.82, 2.24) is 10.3 Å². The van der Waals surface area contributed by atoms with Crippen LogP contribution in [0.25, 0.3) is 0 Å². The topological polar surface area (TPSA) is 100 Å². The first-order valence-electron chi connectivity index (χ1n) is 10.3. The van der Waals surface area contributed by atoms with Crippen molar-refractivity contribution >= 4 is 39.9 Å². The van der Waals surface area contributed by atoms with E-state index >= 15 is 0 Å². The average molecular weight is 451 g/mol. The third-order valence-corrected chi connectivity index (χ3v) is 5.72. The summed E-state index contributed by atoms with van der Waals surface area (Å²) in [5.74, 6) is -0.634. The molecule has 0 aliphatic heterocycles. The lowest BCUT2D eigenvalue weighted by Gasteiger charge is -2.24. The minimum absolute atomic E-state index is 0.0740. The summed E-state index contributed by atoms with van der Waals surface area (Å²) in [5.41, 5.74) is 1.94. The number of rotatable bonds is 8. The van der Waals surface area contributed by atoms with Gasteiger partial charge in [0.05, 0.1) is 12.1 Å². The molecular formula is C24H26N4O3S. The first-order valence-corrected chi connectivity index (χ1v) is 11.2. The van der Waals surface area contributed by atoms with E-state index in [0.29, 0.717) is 27.6 Å². The Morgan fingerprint density at radius 2 is 1.56 bits per heavy atom. The molecule has 0 fully saturated rings. The molecule has 1 heterocycles. The van der Waals surface area contributed by atoms with Crippen molar-refractivity contribution in [2.24, 2.45) is 0 Å². The standard InChI is InChI=1S/C24H26N4O3S/c1-4-24(2,3)28-22(31)17-10-12-18(13-11-17)25-20(29)14-19-15-32-23(26-19)27-21(30)16-8-6-5-7-9-16/h5-13,15H,4,14H2,1-3H3,(H,25,29)(H,28,31)(H,26,27,30). The number of thiazole rings is 1. The van der Waals surface area contributed by atoms with E-state index in [1.807, 2.05) is 26.8 Å². The van der Waals surface area contributed by atoms with Crippen LogP contribution in [0.2, 0.25) is 0 Å². The van der Waals surface area contributed by atoms with Crippen molar-refractivity contribution < 1.29 is 14.4 Å². The summed E-state index contributed by atoms with van der Waals surface area (Å²) in [6, 6.07) is 15.6. The molecule has 3 N–H and O–H groups in total. The van der Waals surface area contributed by atoms with E-state index < -0.39 is 0 Å². The third-order valence-electron chi connectivity index (χ3n) is 4.92. The summed E-state index contributed by atoms with van der Waals surface area (Å²) in [4.78, 5) is 41.2. The SMILES string of the molecule is CCC(C)(C)NC(=O)c1ccc(NC(=O)Cc2csc(NC(=O)c3ccccc3)n2)cc1. The van der Waals surface area contributed by atoms with Gasteiger partial charge in [-0.3, -0.25) is 19.7 Å². The Kier molecular flexibility index (Phi) is 7.37. The van der Waals surface area contributed by atoms with Gasteiger partial charge < -0.3 is 10.6 Å². The molecule has 0 saturated heterocycles. The van der Waals surface area contributed by atoms with E-state index in [9.17, 15) is 14.4 Å². The number of aromatic nitrogens is 1. The predicted molar refractivity (Wildman–Crippen MR) is 127 cm³/mol. The molecule has 8 heteroatoms. The Bertz CT molecular complexity index is 1090. The number of nitrogens with zero attached hydrogens (tertiary/aromatic N) is 1. The molecule has 0 atom stereocenters. The van der Waals surface area contributed by atoms with Gasteiger partial charge in [0.1, 0.15) is 0 Å². The maximum atomic E-state index is 12.4. The highest BCUT2D eigenvalue weighted by molar-refractivity contribution is 7.14. The summed E-state index contributed by atoms with van der Waals surface area (Å²) in [6.07, 6.45) is 0.895. The van der Waals surface area contributed by atoms with Gasteiger partial charge in [0, 0.05) is 27.7 Å². The smallest absolute Gasteiger partial charge is 0.257 e. The molecule has 3 rings (SSSR count). The molecule has 0 saturated carbocycles. The van der Waals surface area contributed by atoms with Gasteiger partial charge in [0.2, 0.25) is 5.91 Å². The molecular weight excluding hydrogens is 424 g/mol. The zero-order valence-corrected chi connectivity index (χ0v) is 19.1. The largest absolute Gasteiger partial charge is 0.347 e. The van der Waals surface area contributed by atoms with Crippen LogP contribution in [0.4, 0.5) is 10.8 Å². The minimum atomic E-state index is -0.281. The Morgan fingerprint density at radius 3 is 2.22 bits per heavy atom. The second kappa shape index (κ2) is 10.2. The van der Waals surface area contributed by atoms with E-state index in [1.165, 1.54) is 11.3 Å². The Morgan fingerprint density at radius 1 is 0.906 bits per heavy atom. The van der Waals surface area contributed by atoms with Crippen LogP contribution < -0.4 is 16.0 Å². The molecule has 3 amide bonds. The number of benzene rings is 2. The van der Waals surface area contributed by atoms with E-state index in [0.717, 1.165) is 6.42 Å². The van der Waals surface area contributed by atoms with Gasteiger partial charge in [0.25, 0.3) is 11.8 Å². The third kappa shape index (κ3) is 6.49. The van der Waals surface area contributed by atoms with Gasteiger partial charge >= 0.3 is 0 Å². The van der Waals surface area contributed by atoms with Crippen molar-refractivity contribution in [2.45, 2.75) is 39.2 Å². The van der Waals surface area contributed by atoms with Crippen LogP contribution in [0.1, 0.15) is 53.6 Å². The molecule has 166 valence electrons. The average Bonchev–Trinajstić information content (AvgIpc) is 3.21. The molecule has 2 aromatic carbocycles. The fraction of sp³-hybridized carbons (Fsp3) is 0.250. The van der Waals surface area contributed by atoms with Crippen LogP contribution in [-0.4, -0.2) is 28.2 Å². The fourth-order valence-electron chi connectivity index (χ4n) is 2.75.